The van der Waals surface area contributed by atoms with E-state index in [4.69, 9.17) is 4.99 Å². The summed E-state index contributed by atoms with van der Waals surface area (Å²) in [7, 11) is 0. The first-order valence-electron chi connectivity index (χ1n) is 8.57. The van der Waals surface area contributed by atoms with Gasteiger partial charge in [-0.25, -0.2) is 4.99 Å². The number of guanidine groups is 1. The number of amides is 1. The number of nitrogens with one attached hydrogen (secondary N) is 1. The maximum absolute atomic E-state index is 11.5. The second kappa shape index (κ2) is 7.50. The summed E-state index contributed by atoms with van der Waals surface area (Å²) in [6.07, 6.45) is 2.31. The highest BCUT2D eigenvalue weighted by molar-refractivity contribution is 5.81. The summed E-state index contributed by atoms with van der Waals surface area (Å²) in [4.78, 5) is 30.5. The van der Waals surface area contributed by atoms with Gasteiger partial charge < -0.3 is 15.1 Å². The molecule has 1 saturated carbocycles. The van der Waals surface area contributed by atoms with E-state index in [1.54, 1.807) is 19.1 Å². The van der Waals surface area contributed by atoms with Crippen LogP contribution in [0.1, 0.15) is 25.3 Å². The zero-order chi connectivity index (χ0) is 17.8. The Bertz CT molecular complexity index is 661. The van der Waals surface area contributed by atoms with Crippen molar-refractivity contribution < 1.29 is 9.72 Å². The standard InChI is InChI=1S/C17H23N5O3/c1-13(23)20-8-10-21(11-9-20)17(19-15-4-5-15)18-12-14-2-6-16(7-3-14)22(24)25/h2-3,6-7,15H,4-5,8-12H2,1H3,(H,18,19). The van der Waals surface area contributed by atoms with Crippen molar-refractivity contribution >= 4 is 17.6 Å². The van der Waals surface area contributed by atoms with Gasteiger partial charge in [-0.1, -0.05) is 12.1 Å². The summed E-state index contributed by atoms with van der Waals surface area (Å²) in [5.74, 6) is 0.975. The predicted molar refractivity (Wildman–Crippen MR) is 94.2 cm³/mol. The van der Waals surface area contributed by atoms with Crippen LogP contribution in [0.25, 0.3) is 0 Å². The van der Waals surface area contributed by atoms with Crippen molar-refractivity contribution in [3.8, 4) is 0 Å². The van der Waals surface area contributed by atoms with E-state index in [9.17, 15) is 14.9 Å². The predicted octanol–water partition coefficient (Wildman–Crippen LogP) is 1.37. The topological polar surface area (TPSA) is 91.1 Å². The maximum Gasteiger partial charge on any atom is 0.269 e. The maximum atomic E-state index is 11.5. The molecule has 8 nitrogen and oxygen atoms in total. The molecule has 0 spiro atoms. The van der Waals surface area contributed by atoms with Gasteiger partial charge in [-0.3, -0.25) is 14.9 Å². The Kier molecular flexibility index (Phi) is 5.16. The lowest BCUT2D eigenvalue weighted by atomic mass is 10.2. The fourth-order valence-corrected chi connectivity index (χ4v) is 2.77. The molecule has 25 heavy (non-hydrogen) atoms. The van der Waals surface area contributed by atoms with E-state index in [2.05, 4.69) is 10.2 Å². The van der Waals surface area contributed by atoms with E-state index in [0.717, 1.165) is 37.5 Å². The van der Waals surface area contributed by atoms with Gasteiger partial charge in [-0.2, -0.15) is 0 Å². The number of nitro benzene ring substituents is 1. The van der Waals surface area contributed by atoms with Crippen molar-refractivity contribution in [3.05, 3.63) is 39.9 Å². The van der Waals surface area contributed by atoms with Crippen molar-refractivity contribution in [3.63, 3.8) is 0 Å². The number of hydrogen-bond acceptors (Lipinski definition) is 4. The van der Waals surface area contributed by atoms with E-state index in [1.165, 1.54) is 12.1 Å². The normalized spacial score (nSPS) is 18.2. The fraction of sp³-hybridized carbons (Fsp3) is 0.529. The summed E-state index contributed by atoms with van der Waals surface area (Å²) >= 11 is 0. The SMILES string of the molecule is CC(=O)N1CCN(C(=NCc2ccc([N+](=O)[O-])cc2)NC2CC2)CC1. The van der Waals surface area contributed by atoms with Gasteiger partial charge in [-0.05, 0) is 18.4 Å². The molecule has 0 bridgehead atoms. The highest BCUT2D eigenvalue weighted by Crippen LogP contribution is 2.20. The van der Waals surface area contributed by atoms with Crippen LogP contribution in [-0.4, -0.2) is 58.8 Å². The van der Waals surface area contributed by atoms with Gasteiger partial charge >= 0.3 is 0 Å². The first-order chi connectivity index (χ1) is 12.0. The summed E-state index contributed by atoms with van der Waals surface area (Å²) < 4.78 is 0. The second-order valence-corrected chi connectivity index (χ2v) is 6.48. The molecule has 0 unspecified atom stereocenters. The van der Waals surface area contributed by atoms with Gasteiger partial charge in [0.05, 0.1) is 11.5 Å². The highest BCUT2D eigenvalue weighted by Gasteiger charge is 2.27. The lowest BCUT2D eigenvalue weighted by Crippen LogP contribution is -2.53. The fourth-order valence-electron chi connectivity index (χ4n) is 2.77. The molecule has 0 aromatic heterocycles. The first-order valence-corrected chi connectivity index (χ1v) is 8.57. The number of non-ortho nitro benzene ring substituents is 1. The molecule has 3 rings (SSSR count). The number of benzene rings is 1. The van der Waals surface area contributed by atoms with Crippen molar-refractivity contribution in [2.45, 2.75) is 32.4 Å². The van der Waals surface area contributed by atoms with Gasteiger partial charge in [0, 0.05) is 51.3 Å². The molecule has 0 atom stereocenters. The molecule has 1 saturated heterocycles. The number of nitro groups is 1. The van der Waals surface area contributed by atoms with Crippen LogP contribution in [-0.2, 0) is 11.3 Å². The number of aliphatic imine (C=N–C) groups is 1. The van der Waals surface area contributed by atoms with E-state index >= 15 is 0 Å². The van der Waals surface area contributed by atoms with Crippen LogP contribution in [0.3, 0.4) is 0 Å². The molecular formula is C17H23N5O3. The third-order valence-corrected chi connectivity index (χ3v) is 4.49. The molecule has 2 fully saturated rings. The van der Waals surface area contributed by atoms with Crippen LogP contribution in [0.15, 0.2) is 29.3 Å². The molecule has 1 heterocycles. The van der Waals surface area contributed by atoms with Crippen LogP contribution < -0.4 is 5.32 Å². The summed E-state index contributed by atoms with van der Waals surface area (Å²) in [6.45, 7) is 5.01. The monoisotopic (exact) mass is 345 g/mol. The highest BCUT2D eigenvalue weighted by atomic mass is 16.6. The lowest BCUT2D eigenvalue weighted by Gasteiger charge is -2.36. The Hall–Kier alpha value is -2.64. The smallest absolute Gasteiger partial charge is 0.269 e. The van der Waals surface area contributed by atoms with Gasteiger partial charge in [0.1, 0.15) is 0 Å². The quantitative estimate of drug-likeness (QED) is 0.385. The Morgan fingerprint density at radius 3 is 2.32 bits per heavy atom. The van der Waals surface area contributed by atoms with E-state index in [1.807, 2.05) is 4.90 Å². The minimum absolute atomic E-state index is 0.0874. The Balaban J connectivity index is 1.64. The third kappa shape index (κ3) is 4.68. The van der Waals surface area contributed by atoms with Crippen molar-refractivity contribution in [1.29, 1.82) is 0 Å². The van der Waals surface area contributed by atoms with Crippen LogP contribution >= 0.6 is 0 Å². The number of rotatable bonds is 4. The van der Waals surface area contributed by atoms with E-state index in [0.29, 0.717) is 25.7 Å². The summed E-state index contributed by atoms with van der Waals surface area (Å²) in [5, 5.41) is 14.2. The molecule has 2 aliphatic rings. The molecule has 8 heteroatoms. The second-order valence-electron chi connectivity index (χ2n) is 6.48. The van der Waals surface area contributed by atoms with E-state index in [-0.39, 0.29) is 11.6 Å². The number of carbonyl (C=O) groups is 1. The molecule has 1 N–H and O–H groups in total. The van der Waals surface area contributed by atoms with Gasteiger partial charge in [-0.15, -0.1) is 0 Å². The first kappa shape index (κ1) is 17.2. The van der Waals surface area contributed by atoms with Gasteiger partial charge in [0.15, 0.2) is 5.96 Å². The zero-order valence-electron chi connectivity index (χ0n) is 14.4. The summed E-state index contributed by atoms with van der Waals surface area (Å²) in [5.41, 5.74) is 1.02. The molecule has 1 amide bonds. The Morgan fingerprint density at radius 2 is 1.80 bits per heavy atom. The van der Waals surface area contributed by atoms with Crippen molar-refractivity contribution in [2.75, 3.05) is 26.2 Å². The molecule has 1 aromatic carbocycles. The zero-order valence-corrected chi connectivity index (χ0v) is 14.4. The minimum Gasteiger partial charge on any atom is -0.353 e. The van der Waals surface area contributed by atoms with Crippen LogP contribution in [0.5, 0.6) is 0 Å². The molecule has 134 valence electrons. The number of piperazine rings is 1. The number of hydrogen-bond donors (Lipinski definition) is 1. The van der Waals surface area contributed by atoms with Crippen LogP contribution in [0.2, 0.25) is 0 Å². The summed E-state index contributed by atoms with van der Waals surface area (Å²) in [6, 6.07) is 6.98. The lowest BCUT2D eigenvalue weighted by molar-refractivity contribution is -0.384. The number of nitrogens with zero attached hydrogens (tertiary/aromatic N) is 4. The molecule has 1 aliphatic carbocycles. The third-order valence-electron chi connectivity index (χ3n) is 4.49. The van der Waals surface area contributed by atoms with Crippen molar-refractivity contribution in [1.82, 2.24) is 15.1 Å². The molecular weight excluding hydrogens is 322 g/mol. The van der Waals surface area contributed by atoms with Crippen LogP contribution in [0, 0.1) is 10.1 Å². The molecule has 1 aromatic rings. The molecule has 1 aliphatic heterocycles. The largest absolute Gasteiger partial charge is 0.353 e. The average Bonchev–Trinajstić information content (AvgIpc) is 3.43. The molecule has 0 radical (unpaired) electrons. The Morgan fingerprint density at radius 1 is 1.20 bits per heavy atom. The van der Waals surface area contributed by atoms with Crippen LogP contribution in [0.4, 0.5) is 5.69 Å². The van der Waals surface area contributed by atoms with Gasteiger partial charge in [0.2, 0.25) is 5.91 Å². The minimum atomic E-state index is -0.401. The Labute approximate surface area is 146 Å². The van der Waals surface area contributed by atoms with E-state index < -0.39 is 4.92 Å². The average molecular weight is 345 g/mol. The van der Waals surface area contributed by atoms with Gasteiger partial charge in [0.25, 0.3) is 5.69 Å². The number of carbonyl (C=O) groups excluding carboxylic acids is 1. The van der Waals surface area contributed by atoms with Crippen molar-refractivity contribution in [2.24, 2.45) is 4.99 Å².